The summed E-state index contributed by atoms with van der Waals surface area (Å²) >= 11 is 9.61. The van der Waals surface area contributed by atoms with Crippen LogP contribution in [-0.4, -0.2) is 5.75 Å². The Morgan fingerprint density at radius 3 is 2.11 bits per heavy atom. The van der Waals surface area contributed by atoms with Gasteiger partial charge in [-0.15, -0.1) is 57.1 Å². The van der Waals surface area contributed by atoms with Crippen molar-refractivity contribution in [2.45, 2.75) is 13.3 Å². The Morgan fingerprint density at radius 1 is 0.778 bits per heavy atom. The topological polar surface area (TPSA) is 0 Å². The lowest BCUT2D eigenvalue weighted by Crippen LogP contribution is -1.83. The van der Waals surface area contributed by atoms with E-state index in [1.54, 1.807) is 0 Å². The Morgan fingerprint density at radius 2 is 1.44 bits per heavy atom. The molecule has 1 aliphatic heterocycles. The first-order valence-corrected chi connectivity index (χ1v) is 13.2. The van der Waals surface area contributed by atoms with Crippen molar-refractivity contribution in [3.05, 3.63) is 74.6 Å². The van der Waals surface area contributed by atoms with Crippen molar-refractivity contribution in [1.82, 2.24) is 0 Å². The fourth-order valence-electron chi connectivity index (χ4n) is 3.13. The van der Waals surface area contributed by atoms with E-state index in [9.17, 15) is 0 Å². The van der Waals surface area contributed by atoms with Gasteiger partial charge >= 0.3 is 0 Å². The van der Waals surface area contributed by atoms with Crippen LogP contribution >= 0.6 is 57.1 Å². The summed E-state index contributed by atoms with van der Waals surface area (Å²) in [6, 6.07) is 18.1. The lowest BCUT2D eigenvalue weighted by molar-refractivity contribution is 0.862. The van der Waals surface area contributed by atoms with Crippen molar-refractivity contribution >= 4 is 62.0 Å². The van der Waals surface area contributed by atoms with Gasteiger partial charge in [0, 0.05) is 51.2 Å². The molecule has 1 atom stereocenters. The summed E-state index contributed by atoms with van der Waals surface area (Å²) in [5.41, 5.74) is 0. The Hall–Kier alpha value is -1.11. The van der Waals surface area contributed by atoms with E-state index in [2.05, 4.69) is 66.9 Å². The van der Waals surface area contributed by atoms with Gasteiger partial charge in [-0.25, -0.2) is 0 Å². The molecule has 0 aliphatic carbocycles. The Labute approximate surface area is 180 Å². The molecule has 0 bridgehead atoms. The molecule has 0 spiro atoms. The fourth-order valence-corrected chi connectivity index (χ4v) is 8.52. The molecule has 0 amide bonds. The summed E-state index contributed by atoms with van der Waals surface area (Å²) in [7, 11) is 0. The summed E-state index contributed by atoms with van der Waals surface area (Å²) in [6.45, 7) is 2.30. The molecule has 5 heterocycles. The SMILES string of the molecule is CC1C=C(c2ccc(-c3ccc(Cc4ccc(-c5cccs5)s4)s3)s2)SC1. The van der Waals surface area contributed by atoms with E-state index in [-0.39, 0.29) is 0 Å². The maximum absolute atomic E-state index is 2.42. The highest BCUT2D eigenvalue weighted by Crippen LogP contribution is 2.43. The van der Waals surface area contributed by atoms with Crippen LogP contribution in [0.2, 0.25) is 0 Å². The lowest BCUT2D eigenvalue weighted by Gasteiger charge is -1.95. The highest BCUT2D eigenvalue weighted by molar-refractivity contribution is 8.08. The number of hydrogen-bond donors (Lipinski definition) is 0. The van der Waals surface area contributed by atoms with Crippen LogP contribution in [0, 0.1) is 5.92 Å². The molecular weight excluding hydrogens is 425 g/mol. The smallest absolute Gasteiger partial charge is 0.0449 e. The van der Waals surface area contributed by atoms with Gasteiger partial charge in [-0.3, -0.25) is 0 Å². The monoisotopic (exact) mass is 442 g/mol. The van der Waals surface area contributed by atoms with Crippen LogP contribution in [0.1, 0.15) is 21.6 Å². The molecule has 27 heavy (non-hydrogen) atoms. The molecular formula is C22H18S5. The quantitative estimate of drug-likeness (QED) is 0.298. The Balaban J connectivity index is 1.32. The maximum atomic E-state index is 2.42. The van der Waals surface area contributed by atoms with Gasteiger partial charge < -0.3 is 0 Å². The first-order chi connectivity index (χ1) is 13.2. The predicted molar refractivity (Wildman–Crippen MR) is 128 cm³/mol. The standard InChI is InChI=1S/C22H18S5/c1-14-11-22(24-13-14)21-9-8-20(27-21)19-7-5-16(26-19)12-15-4-6-18(25-15)17-3-2-10-23-17/h2-11,14H,12-13H2,1H3. The first-order valence-electron chi connectivity index (χ1n) is 8.91. The van der Waals surface area contributed by atoms with Crippen molar-refractivity contribution in [2.75, 3.05) is 5.75 Å². The van der Waals surface area contributed by atoms with E-state index in [1.165, 1.54) is 44.8 Å². The van der Waals surface area contributed by atoms with E-state index in [4.69, 9.17) is 0 Å². The molecule has 0 radical (unpaired) electrons. The minimum absolute atomic E-state index is 0.703. The summed E-state index contributed by atoms with van der Waals surface area (Å²) in [4.78, 5) is 11.3. The van der Waals surface area contributed by atoms with Crippen molar-refractivity contribution in [2.24, 2.45) is 5.92 Å². The Kier molecular flexibility index (Phi) is 5.13. The van der Waals surface area contributed by atoms with Gasteiger partial charge in [-0.05, 0) is 53.8 Å². The molecule has 1 unspecified atom stereocenters. The first kappa shape index (κ1) is 18.0. The maximum Gasteiger partial charge on any atom is 0.0449 e. The summed E-state index contributed by atoms with van der Waals surface area (Å²) in [5, 5.41) is 2.15. The van der Waals surface area contributed by atoms with Crippen molar-refractivity contribution in [3.63, 3.8) is 0 Å². The third-order valence-electron chi connectivity index (χ3n) is 4.47. The lowest BCUT2D eigenvalue weighted by atomic mass is 10.2. The molecule has 1 aliphatic rings. The molecule has 0 saturated heterocycles. The third kappa shape index (κ3) is 3.89. The van der Waals surface area contributed by atoms with Crippen LogP contribution in [0.3, 0.4) is 0 Å². The molecule has 136 valence electrons. The van der Waals surface area contributed by atoms with Gasteiger partial charge in [0.25, 0.3) is 0 Å². The number of thiophene rings is 4. The largest absolute Gasteiger partial charge is 0.143 e. The van der Waals surface area contributed by atoms with Crippen LogP contribution in [0.5, 0.6) is 0 Å². The van der Waals surface area contributed by atoms with E-state index in [0.29, 0.717) is 5.92 Å². The van der Waals surface area contributed by atoms with Crippen molar-refractivity contribution < 1.29 is 0 Å². The van der Waals surface area contributed by atoms with Gasteiger partial charge in [0.05, 0.1) is 0 Å². The van der Waals surface area contributed by atoms with E-state index >= 15 is 0 Å². The molecule has 0 saturated carbocycles. The highest BCUT2D eigenvalue weighted by Gasteiger charge is 2.16. The van der Waals surface area contributed by atoms with Gasteiger partial charge in [0.15, 0.2) is 0 Å². The molecule has 5 rings (SSSR count). The van der Waals surface area contributed by atoms with Crippen molar-refractivity contribution in [1.29, 1.82) is 0 Å². The number of allylic oxidation sites excluding steroid dienone is 1. The van der Waals surface area contributed by atoms with Crippen LogP contribution in [0.15, 0.2) is 60.0 Å². The Bertz CT molecular complexity index is 1070. The average Bonchev–Trinajstić information content (AvgIpc) is 3.45. The van der Waals surface area contributed by atoms with E-state index in [1.807, 2.05) is 57.1 Å². The van der Waals surface area contributed by atoms with Gasteiger partial charge in [0.1, 0.15) is 0 Å². The second-order valence-electron chi connectivity index (χ2n) is 6.67. The number of hydrogen-bond acceptors (Lipinski definition) is 5. The molecule has 0 N–H and O–H groups in total. The van der Waals surface area contributed by atoms with E-state index < -0.39 is 0 Å². The summed E-state index contributed by atoms with van der Waals surface area (Å²) in [5.74, 6) is 1.92. The second-order valence-corrected chi connectivity index (χ2v) is 12.1. The molecule has 4 aromatic heterocycles. The fraction of sp³-hybridized carbons (Fsp3) is 0.182. The molecule has 0 aromatic carbocycles. The van der Waals surface area contributed by atoms with Gasteiger partial charge in [-0.1, -0.05) is 19.1 Å². The molecule has 4 aromatic rings. The van der Waals surface area contributed by atoms with Crippen LogP contribution in [0.25, 0.3) is 24.4 Å². The second kappa shape index (κ2) is 7.72. The van der Waals surface area contributed by atoms with Gasteiger partial charge in [0.2, 0.25) is 0 Å². The molecule has 5 heteroatoms. The number of rotatable bonds is 5. The minimum atomic E-state index is 0.703. The van der Waals surface area contributed by atoms with Crippen LogP contribution in [-0.2, 0) is 6.42 Å². The zero-order valence-corrected chi connectivity index (χ0v) is 18.9. The average molecular weight is 443 g/mol. The highest BCUT2D eigenvalue weighted by atomic mass is 32.2. The predicted octanol–water partition coefficient (Wildman–Crippen LogP) is 8.58. The molecule has 0 fully saturated rings. The third-order valence-corrected chi connectivity index (χ3v) is 10.5. The van der Waals surface area contributed by atoms with Crippen molar-refractivity contribution in [3.8, 4) is 19.5 Å². The normalized spacial score (nSPS) is 16.8. The summed E-state index contributed by atoms with van der Waals surface area (Å²) < 4.78 is 0. The zero-order valence-electron chi connectivity index (χ0n) is 14.8. The van der Waals surface area contributed by atoms with Crippen LogP contribution in [0.4, 0.5) is 0 Å². The van der Waals surface area contributed by atoms with Gasteiger partial charge in [-0.2, -0.15) is 0 Å². The zero-order chi connectivity index (χ0) is 18.2. The summed E-state index contributed by atoms with van der Waals surface area (Å²) in [6.07, 6.45) is 3.46. The molecule has 0 nitrogen and oxygen atoms in total. The van der Waals surface area contributed by atoms with Crippen LogP contribution < -0.4 is 0 Å². The number of thioether (sulfide) groups is 1. The minimum Gasteiger partial charge on any atom is -0.143 e. The van der Waals surface area contributed by atoms with E-state index in [0.717, 1.165) is 6.42 Å².